The lowest BCUT2D eigenvalue weighted by atomic mass is 10.3. The molecule has 0 radical (unpaired) electrons. The second-order valence-electron chi connectivity index (χ2n) is 3.88. The van der Waals surface area contributed by atoms with E-state index in [-0.39, 0.29) is 6.10 Å². The van der Waals surface area contributed by atoms with Crippen LogP contribution in [0, 0.1) is 0 Å². The van der Waals surface area contributed by atoms with Gasteiger partial charge in [-0.25, -0.2) is 4.79 Å². The molecular weight excluding hydrogens is 234 g/mol. The number of hydrogen-bond donors (Lipinski definition) is 1. The summed E-state index contributed by atoms with van der Waals surface area (Å²) in [5.41, 5.74) is 0.598. The molecule has 1 N–H and O–H groups in total. The Morgan fingerprint density at radius 1 is 1.33 bits per heavy atom. The lowest BCUT2D eigenvalue weighted by Crippen LogP contribution is -2.17. The molecule has 0 atom stereocenters. The zero-order valence-corrected chi connectivity index (χ0v) is 11.1. The van der Waals surface area contributed by atoms with E-state index in [2.05, 4.69) is 5.32 Å². The molecule has 0 saturated heterocycles. The quantitative estimate of drug-likeness (QED) is 0.876. The lowest BCUT2D eigenvalue weighted by molar-refractivity contribution is 0.130. The zero-order valence-electron chi connectivity index (χ0n) is 11.1. The maximum Gasteiger partial charge on any atom is 0.411 e. The van der Waals surface area contributed by atoms with Crippen LogP contribution in [0.3, 0.4) is 0 Å². The lowest BCUT2D eigenvalue weighted by Gasteiger charge is -2.12. The van der Waals surface area contributed by atoms with Gasteiger partial charge in [0.2, 0.25) is 0 Å². The Balaban J connectivity index is 2.76. The van der Waals surface area contributed by atoms with Crippen LogP contribution < -0.4 is 14.8 Å². The third-order valence-corrected chi connectivity index (χ3v) is 2.05. The van der Waals surface area contributed by atoms with Crippen LogP contribution in [0.1, 0.15) is 20.8 Å². The van der Waals surface area contributed by atoms with Gasteiger partial charge in [-0.1, -0.05) is 0 Å². The van der Waals surface area contributed by atoms with Crippen molar-refractivity contribution in [2.75, 3.05) is 19.0 Å². The number of nitrogens with one attached hydrogen (secondary N) is 1. The molecule has 0 spiro atoms. The summed E-state index contributed by atoms with van der Waals surface area (Å²) in [5, 5.41) is 2.62. The highest BCUT2D eigenvalue weighted by molar-refractivity contribution is 5.85. The van der Waals surface area contributed by atoms with Gasteiger partial charge in [-0.05, 0) is 32.9 Å². The van der Waals surface area contributed by atoms with Gasteiger partial charge in [0.05, 0.1) is 19.8 Å². The summed E-state index contributed by atoms with van der Waals surface area (Å²) < 4.78 is 15.6. The van der Waals surface area contributed by atoms with Crippen LogP contribution in [-0.4, -0.2) is 25.9 Å². The fourth-order valence-electron chi connectivity index (χ4n) is 1.38. The van der Waals surface area contributed by atoms with Crippen molar-refractivity contribution in [3.63, 3.8) is 0 Å². The normalized spacial score (nSPS) is 10.1. The van der Waals surface area contributed by atoms with E-state index in [1.807, 2.05) is 6.92 Å². The van der Waals surface area contributed by atoms with Crippen LogP contribution in [-0.2, 0) is 4.74 Å². The molecule has 1 rings (SSSR count). The minimum absolute atomic E-state index is 0.158. The summed E-state index contributed by atoms with van der Waals surface area (Å²) in [4.78, 5) is 11.4. The average molecular weight is 253 g/mol. The summed E-state index contributed by atoms with van der Waals surface area (Å²) in [6.07, 6.45) is -0.647. The van der Waals surface area contributed by atoms with Gasteiger partial charge in [0.1, 0.15) is 0 Å². The molecule has 100 valence electrons. The number of rotatable bonds is 5. The molecule has 0 unspecified atom stereocenters. The second kappa shape index (κ2) is 6.74. The Hall–Kier alpha value is -1.91. The predicted octanol–water partition coefficient (Wildman–Crippen LogP) is 3.05. The van der Waals surface area contributed by atoms with Crippen molar-refractivity contribution in [1.29, 1.82) is 0 Å². The molecule has 1 amide bonds. The summed E-state index contributed by atoms with van der Waals surface area (Å²) >= 11 is 0. The van der Waals surface area contributed by atoms with Gasteiger partial charge >= 0.3 is 6.09 Å². The molecular formula is C13H19NO4. The van der Waals surface area contributed by atoms with Gasteiger partial charge in [-0.3, -0.25) is 5.32 Å². The van der Waals surface area contributed by atoms with E-state index < -0.39 is 6.09 Å². The van der Waals surface area contributed by atoms with Gasteiger partial charge in [0, 0.05) is 11.8 Å². The maximum atomic E-state index is 11.4. The standard InChI is InChI=1S/C13H19NO4/c1-5-17-11-7-6-10(8-12(11)16-4)14-13(15)18-9(2)3/h6-9H,5H2,1-4H3,(H,14,15). The van der Waals surface area contributed by atoms with Crippen molar-refractivity contribution in [3.05, 3.63) is 18.2 Å². The first-order valence-electron chi connectivity index (χ1n) is 5.85. The smallest absolute Gasteiger partial charge is 0.411 e. The van der Waals surface area contributed by atoms with Crippen molar-refractivity contribution >= 4 is 11.8 Å². The van der Waals surface area contributed by atoms with Gasteiger partial charge in [-0.15, -0.1) is 0 Å². The number of amides is 1. The molecule has 0 bridgehead atoms. The number of hydrogen-bond acceptors (Lipinski definition) is 4. The van der Waals surface area contributed by atoms with Crippen molar-refractivity contribution in [2.24, 2.45) is 0 Å². The molecule has 5 nitrogen and oxygen atoms in total. The number of methoxy groups -OCH3 is 1. The van der Waals surface area contributed by atoms with E-state index in [1.54, 1.807) is 39.2 Å². The van der Waals surface area contributed by atoms with Crippen LogP contribution in [0.4, 0.5) is 10.5 Å². The highest BCUT2D eigenvalue weighted by Gasteiger charge is 2.09. The van der Waals surface area contributed by atoms with Gasteiger partial charge in [0.15, 0.2) is 11.5 Å². The predicted molar refractivity (Wildman–Crippen MR) is 69.4 cm³/mol. The third-order valence-electron chi connectivity index (χ3n) is 2.05. The Kier molecular flexibility index (Phi) is 5.30. The second-order valence-corrected chi connectivity index (χ2v) is 3.88. The maximum absolute atomic E-state index is 11.4. The van der Waals surface area contributed by atoms with Crippen molar-refractivity contribution in [2.45, 2.75) is 26.9 Å². The first kappa shape index (κ1) is 14.2. The molecule has 0 saturated carbocycles. The Morgan fingerprint density at radius 2 is 2.06 bits per heavy atom. The molecule has 0 heterocycles. The highest BCUT2D eigenvalue weighted by Crippen LogP contribution is 2.30. The third kappa shape index (κ3) is 4.16. The number of ether oxygens (including phenoxy) is 3. The van der Waals surface area contributed by atoms with Crippen molar-refractivity contribution in [1.82, 2.24) is 0 Å². The van der Waals surface area contributed by atoms with Crippen LogP contribution in [0.15, 0.2) is 18.2 Å². The summed E-state index contributed by atoms with van der Waals surface area (Å²) in [7, 11) is 1.55. The van der Waals surface area contributed by atoms with E-state index in [0.717, 1.165) is 0 Å². The molecule has 18 heavy (non-hydrogen) atoms. The summed E-state index contributed by atoms with van der Waals surface area (Å²) in [6.45, 7) is 6.03. The van der Waals surface area contributed by atoms with Gasteiger partial charge < -0.3 is 14.2 Å². The first-order valence-corrected chi connectivity index (χ1v) is 5.85. The number of anilines is 1. The molecule has 0 fully saturated rings. The number of carbonyl (C=O) groups is 1. The van der Waals surface area contributed by atoms with E-state index in [9.17, 15) is 4.79 Å². The fraction of sp³-hybridized carbons (Fsp3) is 0.462. The molecule has 0 aliphatic rings. The van der Waals surface area contributed by atoms with Gasteiger partial charge in [-0.2, -0.15) is 0 Å². The van der Waals surface area contributed by atoms with Crippen LogP contribution in [0.25, 0.3) is 0 Å². The van der Waals surface area contributed by atoms with Crippen molar-refractivity contribution in [3.8, 4) is 11.5 Å². The molecule has 1 aromatic rings. The topological polar surface area (TPSA) is 56.8 Å². The van der Waals surface area contributed by atoms with E-state index in [0.29, 0.717) is 23.8 Å². The average Bonchev–Trinajstić information content (AvgIpc) is 2.30. The van der Waals surface area contributed by atoms with Crippen LogP contribution >= 0.6 is 0 Å². The molecule has 0 aliphatic carbocycles. The Bertz CT molecular complexity index is 404. The highest BCUT2D eigenvalue weighted by atomic mass is 16.6. The number of benzene rings is 1. The summed E-state index contributed by atoms with van der Waals surface area (Å²) in [6, 6.07) is 5.16. The molecule has 0 aliphatic heterocycles. The molecule has 1 aromatic carbocycles. The number of carbonyl (C=O) groups excluding carboxylic acids is 1. The molecule has 0 aromatic heterocycles. The molecule has 5 heteroatoms. The minimum Gasteiger partial charge on any atom is -0.493 e. The van der Waals surface area contributed by atoms with E-state index in [1.165, 1.54) is 0 Å². The zero-order chi connectivity index (χ0) is 13.5. The monoisotopic (exact) mass is 253 g/mol. The van der Waals surface area contributed by atoms with Crippen LogP contribution in [0.2, 0.25) is 0 Å². The SMILES string of the molecule is CCOc1ccc(NC(=O)OC(C)C)cc1OC. The summed E-state index contributed by atoms with van der Waals surface area (Å²) in [5.74, 6) is 1.21. The van der Waals surface area contributed by atoms with Crippen molar-refractivity contribution < 1.29 is 19.0 Å². The minimum atomic E-state index is -0.490. The first-order chi connectivity index (χ1) is 8.56. The fourth-order valence-corrected chi connectivity index (χ4v) is 1.38. The Morgan fingerprint density at radius 3 is 2.61 bits per heavy atom. The van der Waals surface area contributed by atoms with Gasteiger partial charge in [0.25, 0.3) is 0 Å². The largest absolute Gasteiger partial charge is 0.493 e. The van der Waals surface area contributed by atoms with E-state index in [4.69, 9.17) is 14.2 Å². The van der Waals surface area contributed by atoms with E-state index >= 15 is 0 Å². The Labute approximate surface area is 107 Å². The van der Waals surface area contributed by atoms with Crippen LogP contribution in [0.5, 0.6) is 11.5 Å².